The van der Waals surface area contributed by atoms with Gasteiger partial charge in [-0.25, -0.2) is 0 Å². The van der Waals surface area contributed by atoms with Crippen molar-refractivity contribution in [2.75, 3.05) is 13.6 Å². The van der Waals surface area contributed by atoms with Crippen LogP contribution in [0, 0.1) is 0 Å². The van der Waals surface area contributed by atoms with Gasteiger partial charge in [0.25, 0.3) is 0 Å². The molecule has 0 saturated heterocycles. The molecule has 0 atom stereocenters. The van der Waals surface area contributed by atoms with Gasteiger partial charge in [0.05, 0.1) is 6.54 Å². The lowest BCUT2D eigenvalue weighted by molar-refractivity contribution is 0.431. The largest absolute Gasteiger partial charge is 0.356 e. The van der Waals surface area contributed by atoms with Gasteiger partial charge in [-0.2, -0.15) is 0 Å². The molecule has 0 bridgehead atoms. The number of nitrogens with one attached hydrogen (secondary N) is 2. The van der Waals surface area contributed by atoms with Crippen LogP contribution in [0.25, 0.3) is 0 Å². The van der Waals surface area contributed by atoms with Crippen molar-refractivity contribution in [1.82, 2.24) is 25.4 Å². The molecule has 1 heterocycles. The molecule has 6 nitrogen and oxygen atoms in total. The summed E-state index contributed by atoms with van der Waals surface area (Å²) in [6.07, 6.45) is 6.80. The maximum absolute atomic E-state index is 4.37. The smallest absolute Gasteiger partial charge is 0.191 e. The van der Waals surface area contributed by atoms with E-state index in [-0.39, 0.29) is 5.41 Å². The molecule has 2 N–H and O–H groups in total. The van der Waals surface area contributed by atoms with E-state index >= 15 is 0 Å². The summed E-state index contributed by atoms with van der Waals surface area (Å²) in [5.41, 5.74) is 1.64. The lowest BCUT2D eigenvalue weighted by Crippen LogP contribution is -2.44. The molecule has 1 aliphatic carbocycles. The van der Waals surface area contributed by atoms with Crippen LogP contribution in [0.2, 0.25) is 0 Å². The minimum atomic E-state index is 0.211. The van der Waals surface area contributed by atoms with Crippen molar-refractivity contribution >= 4 is 5.96 Å². The molecule has 0 unspecified atom stereocenters. The monoisotopic (exact) mass is 340 g/mol. The Morgan fingerprint density at radius 2 is 1.96 bits per heavy atom. The number of hydrogen-bond acceptors (Lipinski definition) is 3. The van der Waals surface area contributed by atoms with Crippen LogP contribution in [-0.4, -0.2) is 34.3 Å². The van der Waals surface area contributed by atoms with E-state index < -0.39 is 0 Å². The van der Waals surface area contributed by atoms with Crippen LogP contribution < -0.4 is 10.6 Å². The Morgan fingerprint density at radius 1 is 1.20 bits per heavy atom. The van der Waals surface area contributed by atoms with E-state index in [9.17, 15) is 0 Å². The maximum atomic E-state index is 4.37. The summed E-state index contributed by atoms with van der Waals surface area (Å²) < 4.78 is 2.03. The Balaban J connectivity index is 1.62. The third kappa shape index (κ3) is 4.00. The van der Waals surface area contributed by atoms with Crippen molar-refractivity contribution in [2.24, 2.45) is 4.99 Å². The van der Waals surface area contributed by atoms with E-state index in [1.165, 1.54) is 31.2 Å². The topological polar surface area (TPSA) is 67.1 Å². The van der Waals surface area contributed by atoms with Gasteiger partial charge in [-0.15, -0.1) is 10.2 Å². The third-order valence-electron chi connectivity index (χ3n) is 5.22. The molecular formula is C19H28N6. The highest BCUT2D eigenvalue weighted by atomic mass is 15.3. The lowest BCUT2D eigenvalue weighted by atomic mass is 9.79. The second-order valence-corrected chi connectivity index (χ2v) is 6.67. The van der Waals surface area contributed by atoms with Crippen molar-refractivity contribution in [2.45, 2.75) is 51.1 Å². The highest BCUT2D eigenvalue weighted by Crippen LogP contribution is 2.40. The average Bonchev–Trinajstić information content (AvgIpc) is 3.32. The van der Waals surface area contributed by atoms with Crippen LogP contribution >= 0.6 is 0 Å². The van der Waals surface area contributed by atoms with Gasteiger partial charge in [0.1, 0.15) is 6.33 Å². The van der Waals surface area contributed by atoms with Crippen molar-refractivity contribution in [1.29, 1.82) is 0 Å². The highest BCUT2D eigenvalue weighted by Gasteiger charge is 2.35. The first kappa shape index (κ1) is 17.5. The van der Waals surface area contributed by atoms with Gasteiger partial charge in [0.15, 0.2) is 11.8 Å². The summed E-state index contributed by atoms with van der Waals surface area (Å²) in [6.45, 7) is 4.47. The SMILES string of the molecule is CCn1cnnc1CNC(=NC)NCC1(c2ccccc2)CCCC1. The Morgan fingerprint density at radius 3 is 2.64 bits per heavy atom. The number of guanidine groups is 1. The lowest BCUT2D eigenvalue weighted by Gasteiger charge is -2.30. The quantitative estimate of drug-likeness (QED) is 0.626. The zero-order valence-corrected chi connectivity index (χ0v) is 15.2. The first-order chi connectivity index (χ1) is 12.3. The molecule has 6 heteroatoms. The van der Waals surface area contributed by atoms with Gasteiger partial charge in [-0.05, 0) is 25.3 Å². The molecule has 1 aromatic carbocycles. The van der Waals surface area contributed by atoms with Crippen LogP contribution in [0.5, 0.6) is 0 Å². The summed E-state index contributed by atoms with van der Waals surface area (Å²) >= 11 is 0. The van der Waals surface area contributed by atoms with Crippen molar-refractivity contribution < 1.29 is 0 Å². The van der Waals surface area contributed by atoms with Gasteiger partial charge in [0.2, 0.25) is 0 Å². The number of rotatable bonds is 6. The second kappa shape index (κ2) is 8.14. The summed E-state index contributed by atoms with van der Waals surface area (Å²) in [5.74, 6) is 1.73. The Hall–Kier alpha value is -2.37. The third-order valence-corrected chi connectivity index (χ3v) is 5.22. The van der Waals surface area contributed by atoms with E-state index in [2.05, 4.69) is 63.1 Å². The molecule has 2 aromatic rings. The number of hydrogen-bond donors (Lipinski definition) is 2. The number of aliphatic imine (C=N–C) groups is 1. The fourth-order valence-electron chi connectivity index (χ4n) is 3.73. The number of aryl methyl sites for hydroxylation is 1. The van der Waals surface area contributed by atoms with Gasteiger partial charge >= 0.3 is 0 Å². The van der Waals surface area contributed by atoms with Crippen molar-refractivity contribution in [3.63, 3.8) is 0 Å². The second-order valence-electron chi connectivity index (χ2n) is 6.67. The highest BCUT2D eigenvalue weighted by molar-refractivity contribution is 5.79. The molecule has 0 spiro atoms. The van der Waals surface area contributed by atoms with E-state index in [1.54, 1.807) is 6.33 Å². The predicted molar refractivity (Wildman–Crippen MR) is 100 cm³/mol. The molecule has 0 radical (unpaired) electrons. The fourth-order valence-corrected chi connectivity index (χ4v) is 3.73. The van der Waals surface area contributed by atoms with Crippen LogP contribution in [0.15, 0.2) is 41.7 Å². The zero-order chi connectivity index (χ0) is 17.5. The minimum absolute atomic E-state index is 0.211. The molecule has 1 aromatic heterocycles. The van der Waals surface area contributed by atoms with E-state index in [0.717, 1.165) is 24.9 Å². The average molecular weight is 340 g/mol. The number of nitrogens with zero attached hydrogens (tertiary/aromatic N) is 4. The Kier molecular flexibility index (Phi) is 5.68. The summed E-state index contributed by atoms with van der Waals surface area (Å²) in [6, 6.07) is 10.9. The van der Waals surface area contributed by atoms with Crippen molar-refractivity contribution in [3.05, 3.63) is 48.0 Å². The van der Waals surface area contributed by atoms with Crippen LogP contribution in [0.3, 0.4) is 0 Å². The van der Waals surface area contributed by atoms with E-state index in [4.69, 9.17) is 0 Å². The summed E-state index contributed by atoms with van der Waals surface area (Å²) in [5, 5.41) is 15.0. The maximum Gasteiger partial charge on any atom is 0.191 e. The minimum Gasteiger partial charge on any atom is -0.356 e. The molecule has 0 aliphatic heterocycles. The first-order valence-electron chi connectivity index (χ1n) is 9.14. The molecule has 0 amide bonds. The van der Waals surface area contributed by atoms with Gasteiger partial charge in [-0.3, -0.25) is 4.99 Å². The van der Waals surface area contributed by atoms with Gasteiger partial charge in [0, 0.05) is 25.6 Å². The zero-order valence-electron chi connectivity index (χ0n) is 15.2. The van der Waals surface area contributed by atoms with Crippen LogP contribution in [0.1, 0.15) is 44.0 Å². The van der Waals surface area contributed by atoms with E-state index in [0.29, 0.717) is 6.54 Å². The molecule has 1 aliphatic rings. The molecule has 1 fully saturated rings. The summed E-state index contributed by atoms with van der Waals surface area (Å²) in [4.78, 5) is 4.37. The Bertz CT molecular complexity index is 685. The molecular weight excluding hydrogens is 312 g/mol. The predicted octanol–water partition coefficient (Wildman–Crippen LogP) is 2.48. The molecule has 134 valence electrons. The van der Waals surface area contributed by atoms with Gasteiger partial charge in [-0.1, -0.05) is 43.2 Å². The number of benzene rings is 1. The molecule has 25 heavy (non-hydrogen) atoms. The van der Waals surface area contributed by atoms with E-state index in [1.807, 2.05) is 11.6 Å². The number of aromatic nitrogens is 3. The first-order valence-corrected chi connectivity index (χ1v) is 9.14. The molecule has 3 rings (SSSR count). The Labute approximate surface area is 149 Å². The fraction of sp³-hybridized carbons (Fsp3) is 0.526. The molecule has 1 saturated carbocycles. The van der Waals surface area contributed by atoms with Gasteiger partial charge < -0.3 is 15.2 Å². The summed E-state index contributed by atoms with van der Waals surface area (Å²) in [7, 11) is 1.81. The van der Waals surface area contributed by atoms with Crippen LogP contribution in [0.4, 0.5) is 0 Å². The standard InChI is InChI=1S/C19H28N6/c1-3-25-15-23-24-17(25)13-21-18(20-2)22-14-19(11-7-8-12-19)16-9-5-4-6-10-16/h4-6,9-10,15H,3,7-8,11-14H2,1-2H3,(H2,20,21,22). The van der Waals surface area contributed by atoms with Crippen molar-refractivity contribution in [3.8, 4) is 0 Å². The normalized spacial score (nSPS) is 16.8. The van der Waals surface area contributed by atoms with Crippen LogP contribution in [-0.2, 0) is 18.5 Å².